The van der Waals surface area contributed by atoms with E-state index in [9.17, 15) is 16.8 Å². The number of hydrogen-bond donors (Lipinski definition) is 1. The molecule has 0 saturated carbocycles. The smallest absolute Gasteiger partial charge is 0.285 e. The van der Waals surface area contributed by atoms with E-state index in [0.29, 0.717) is 11.3 Å². The topological polar surface area (TPSA) is 92.7 Å². The van der Waals surface area contributed by atoms with Crippen molar-refractivity contribution in [2.75, 3.05) is 5.32 Å². The van der Waals surface area contributed by atoms with Crippen LogP contribution in [0.4, 0.5) is 5.69 Å². The lowest BCUT2D eigenvalue weighted by atomic mass is 10.1. The van der Waals surface area contributed by atoms with Crippen molar-refractivity contribution in [3.8, 4) is 0 Å². The van der Waals surface area contributed by atoms with Crippen LogP contribution in [-0.4, -0.2) is 23.2 Å². The lowest BCUT2D eigenvalue weighted by Gasteiger charge is -2.14. The summed E-state index contributed by atoms with van der Waals surface area (Å²) < 4.78 is 52.4. The first-order valence-corrected chi connectivity index (χ1v) is 9.85. The van der Waals surface area contributed by atoms with Crippen LogP contribution in [0, 0.1) is 6.92 Å². The van der Waals surface area contributed by atoms with Gasteiger partial charge < -0.3 is 5.32 Å². The summed E-state index contributed by atoms with van der Waals surface area (Å²) >= 11 is 0. The molecular formula is C15H14N2O4S2. The normalized spacial score (nSPS) is 15.7. The van der Waals surface area contributed by atoms with Crippen LogP contribution in [0.3, 0.4) is 0 Å². The van der Waals surface area contributed by atoms with E-state index in [1.807, 2.05) is 19.1 Å². The summed E-state index contributed by atoms with van der Waals surface area (Å²) in [4.78, 5) is -0.173. The van der Waals surface area contributed by atoms with E-state index >= 15 is 0 Å². The number of rotatable bonds is 3. The average molecular weight is 350 g/mol. The summed E-state index contributed by atoms with van der Waals surface area (Å²) in [6.07, 6.45) is 1.07. The van der Waals surface area contributed by atoms with Crippen LogP contribution in [-0.2, 0) is 25.6 Å². The summed E-state index contributed by atoms with van der Waals surface area (Å²) in [6, 6.07) is 11.2. The Hall–Kier alpha value is -2.19. The van der Waals surface area contributed by atoms with Gasteiger partial charge in [-0.25, -0.2) is 8.42 Å². The van der Waals surface area contributed by atoms with Crippen LogP contribution < -0.4 is 5.32 Å². The lowest BCUT2D eigenvalue weighted by Crippen LogP contribution is -2.13. The van der Waals surface area contributed by atoms with Crippen LogP contribution in [0.1, 0.15) is 11.1 Å². The molecule has 8 heteroatoms. The van der Waals surface area contributed by atoms with Crippen molar-refractivity contribution in [3.63, 3.8) is 0 Å². The molecule has 120 valence electrons. The number of sulfonamides is 1. The molecule has 0 aliphatic carbocycles. The van der Waals surface area contributed by atoms with Gasteiger partial charge >= 0.3 is 0 Å². The zero-order chi connectivity index (χ0) is 16.7. The third-order valence-electron chi connectivity index (χ3n) is 3.61. The molecule has 1 heterocycles. The lowest BCUT2D eigenvalue weighted by molar-refractivity contribution is 0.594. The molecule has 0 bridgehead atoms. The van der Waals surface area contributed by atoms with Crippen molar-refractivity contribution in [2.24, 2.45) is 4.40 Å². The molecule has 0 aromatic heterocycles. The molecule has 3 rings (SSSR count). The minimum Gasteiger partial charge on any atom is -0.345 e. The Kier molecular flexibility index (Phi) is 3.73. The van der Waals surface area contributed by atoms with Gasteiger partial charge in [-0.2, -0.15) is 8.42 Å². The minimum atomic E-state index is -3.86. The first-order chi connectivity index (χ1) is 10.8. The number of nitrogens with one attached hydrogen (secondary N) is 1. The van der Waals surface area contributed by atoms with Crippen LogP contribution >= 0.6 is 0 Å². The predicted octanol–water partition coefficient (Wildman–Crippen LogP) is 2.11. The fraction of sp³-hybridized carbons (Fsp3) is 0.133. The van der Waals surface area contributed by atoms with E-state index in [1.54, 1.807) is 12.1 Å². The number of aryl methyl sites for hydroxylation is 1. The zero-order valence-corrected chi connectivity index (χ0v) is 13.9. The first-order valence-electron chi connectivity index (χ1n) is 6.76. The number of anilines is 1. The summed E-state index contributed by atoms with van der Waals surface area (Å²) in [5.41, 5.74) is 1.87. The predicted molar refractivity (Wildman–Crippen MR) is 87.8 cm³/mol. The summed E-state index contributed by atoms with van der Waals surface area (Å²) in [5, 5.41) is 2.69. The first kappa shape index (κ1) is 15.7. The van der Waals surface area contributed by atoms with Gasteiger partial charge in [0, 0.05) is 0 Å². The molecule has 0 spiro atoms. The van der Waals surface area contributed by atoms with Gasteiger partial charge in [-0.3, -0.25) is 0 Å². The number of sulfone groups is 1. The summed E-state index contributed by atoms with van der Waals surface area (Å²) in [6.45, 7) is 1.83. The highest BCUT2D eigenvalue weighted by atomic mass is 32.2. The van der Waals surface area contributed by atoms with Crippen molar-refractivity contribution >= 4 is 31.9 Å². The fourth-order valence-electron chi connectivity index (χ4n) is 2.31. The van der Waals surface area contributed by atoms with Gasteiger partial charge in [0.25, 0.3) is 10.0 Å². The quantitative estimate of drug-likeness (QED) is 0.915. The van der Waals surface area contributed by atoms with Crippen LogP contribution in [0.5, 0.6) is 0 Å². The monoisotopic (exact) mass is 350 g/mol. The van der Waals surface area contributed by atoms with Crippen molar-refractivity contribution < 1.29 is 16.8 Å². The number of fused-ring (bicyclic) bond motifs is 1. The third-order valence-corrected chi connectivity index (χ3v) is 6.55. The maximum Gasteiger partial charge on any atom is 0.285 e. The van der Waals surface area contributed by atoms with Gasteiger partial charge in [-0.1, -0.05) is 24.3 Å². The third kappa shape index (κ3) is 2.99. The van der Waals surface area contributed by atoms with Crippen molar-refractivity contribution in [3.05, 3.63) is 53.6 Å². The Morgan fingerprint density at radius 2 is 1.87 bits per heavy atom. The van der Waals surface area contributed by atoms with E-state index in [-0.39, 0.29) is 15.5 Å². The molecule has 6 nitrogen and oxygen atoms in total. The molecule has 1 aliphatic rings. The number of benzene rings is 2. The standard InChI is InChI=1S/C15H14N2O4S2/c1-11-4-2-3-5-12(11)9-22(18,19)13-6-7-14-15(8-13)23(20,21)17-10-16-14/h2-8,10H,9H2,1H3,(H,16,17). The van der Waals surface area contributed by atoms with Gasteiger partial charge in [0.2, 0.25) is 0 Å². The molecule has 2 aromatic carbocycles. The molecule has 0 radical (unpaired) electrons. The van der Waals surface area contributed by atoms with E-state index < -0.39 is 19.9 Å². The maximum atomic E-state index is 12.6. The second-order valence-electron chi connectivity index (χ2n) is 5.20. The van der Waals surface area contributed by atoms with E-state index in [2.05, 4.69) is 9.71 Å². The van der Waals surface area contributed by atoms with Gasteiger partial charge in [-0.05, 0) is 36.2 Å². The Morgan fingerprint density at radius 1 is 1.13 bits per heavy atom. The number of nitrogens with zero attached hydrogens (tertiary/aromatic N) is 1. The Balaban J connectivity index is 2.04. The fourth-order valence-corrected chi connectivity index (χ4v) is 4.84. The minimum absolute atomic E-state index is 0.0398. The summed E-state index contributed by atoms with van der Waals surface area (Å²) in [5.74, 6) is -0.185. The molecule has 23 heavy (non-hydrogen) atoms. The Morgan fingerprint density at radius 3 is 2.61 bits per heavy atom. The second-order valence-corrected chi connectivity index (χ2v) is 8.79. The van der Waals surface area contributed by atoms with Crippen LogP contribution in [0.2, 0.25) is 0 Å². The molecule has 0 unspecified atom stereocenters. The van der Waals surface area contributed by atoms with Gasteiger partial charge in [-0.15, -0.1) is 4.40 Å². The Labute approximate surface area is 134 Å². The molecule has 2 aromatic rings. The molecule has 0 saturated heterocycles. The highest BCUT2D eigenvalue weighted by molar-refractivity contribution is 7.91. The molecule has 0 fully saturated rings. The zero-order valence-electron chi connectivity index (χ0n) is 12.2. The largest absolute Gasteiger partial charge is 0.345 e. The highest BCUT2D eigenvalue weighted by Gasteiger charge is 2.25. The van der Waals surface area contributed by atoms with Crippen LogP contribution in [0.15, 0.2) is 56.7 Å². The van der Waals surface area contributed by atoms with E-state index in [4.69, 9.17) is 0 Å². The molecule has 0 amide bonds. The SMILES string of the molecule is Cc1ccccc1CS(=O)(=O)c1ccc2c(c1)S(=O)(=O)N=CN2. The molecule has 0 atom stereocenters. The van der Waals surface area contributed by atoms with Crippen LogP contribution in [0.25, 0.3) is 0 Å². The molecule has 1 N–H and O–H groups in total. The van der Waals surface area contributed by atoms with Gasteiger partial charge in [0.1, 0.15) is 11.2 Å². The van der Waals surface area contributed by atoms with E-state index in [1.165, 1.54) is 12.1 Å². The maximum absolute atomic E-state index is 12.6. The molecule has 1 aliphatic heterocycles. The van der Waals surface area contributed by atoms with Gasteiger partial charge in [0.05, 0.1) is 16.3 Å². The summed E-state index contributed by atoms with van der Waals surface area (Å²) in [7, 11) is -7.53. The number of hydrogen-bond acceptors (Lipinski definition) is 5. The highest BCUT2D eigenvalue weighted by Crippen LogP contribution is 2.29. The van der Waals surface area contributed by atoms with Crippen molar-refractivity contribution in [2.45, 2.75) is 22.5 Å². The average Bonchev–Trinajstić information content (AvgIpc) is 2.49. The second kappa shape index (κ2) is 5.47. The Bertz CT molecular complexity index is 1010. The van der Waals surface area contributed by atoms with Crippen molar-refractivity contribution in [1.82, 2.24) is 0 Å². The van der Waals surface area contributed by atoms with Crippen molar-refractivity contribution in [1.29, 1.82) is 0 Å². The van der Waals surface area contributed by atoms with E-state index in [0.717, 1.165) is 18.0 Å². The van der Waals surface area contributed by atoms with Gasteiger partial charge in [0.15, 0.2) is 9.84 Å². The molecular weight excluding hydrogens is 336 g/mol.